The monoisotopic (exact) mass is 365 g/mol. The Balaban J connectivity index is 1.54. The summed E-state index contributed by atoms with van der Waals surface area (Å²) < 4.78 is 3.48. The van der Waals surface area contributed by atoms with E-state index in [1.54, 1.807) is 15.6 Å². The Hall–Kier alpha value is -2.93. The van der Waals surface area contributed by atoms with E-state index in [0.29, 0.717) is 18.7 Å². The van der Waals surface area contributed by atoms with Crippen molar-refractivity contribution in [3.05, 3.63) is 66.2 Å². The molecule has 1 aliphatic rings. The van der Waals surface area contributed by atoms with Gasteiger partial charge in [0.25, 0.3) is 5.91 Å². The fourth-order valence-corrected chi connectivity index (χ4v) is 3.66. The molecular weight excluding hydrogens is 342 g/mol. The van der Waals surface area contributed by atoms with Crippen LogP contribution in [0.5, 0.6) is 0 Å². The number of hydrogen-bond donors (Lipinski definition) is 1. The Kier molecular flexibility index (Phi) is 5.02. The second-order valence-electron chi connectivity index (χ2n) is 6.79. The van der Waals surface area contributed by atoms with Gasteiger partial charge in [-0.25, -0.2) is 4.68 Å². The summed E-state index contributed by atoms with van der Waals surface area (Å²) in [5.41, 5.74) is 2.44. The van der Waals surface area contributed by atoms with Crippen LogP contribution in [-0.4, -0.2) is 55.2 Å². The van der Waals surface area contributed by atoms with Crippen LogP contribution in [0.3, 0.4) is 0 Å². The minimum Gasteiger partial charge on any atom is -0.394 e. The predicted octanol–water partition coefficient (Wildman–Crippen LogP) is 2.08. The van der Waals surface area contributed by atoms with Gasteiger partial charge in [0.1, 0.15) is 0 Å². The van der Waals surface area contributed by atoms with Gasteiger partial charge in [-0.15, -0.1) is 0 Å². The maximum absolute atomic E-state index is 13.2. The standard InChI is InChI=1S/C20H23N5O2/c26-14-13-24-12-8-18(22-24)16-5-3-10-23(15-16)20(27)17-6-1-2-7-19(17)25-11-4-9-21-25/h1-2,4,6-9,11-12,16,26H,3,5,10,13-15H2. The first-order valence-electron chi connectivity index (χ1n) is 9.29. The minimum absolute atomic E-state index is 0.0283. The average Bonchev–Trinajstić information content (AvgIpc) is 3.40. The SMILES string of the molecule is O=C(c1ccccc1-n1cccn1)N1CCCC(c2ccn(CCO)n2)C1. The van der Waals surface area contributed by atoms with Crippen molar-refractivity contribution < 1.29 is 9.90 Å². The molecule has 0 bridgehead atoms. The molecule has 3 heterocycles. The van der Waals surface area contributed by atoms with E-state index >= 15 is 0 Å². The number of piperidine rings is 1. The highest BCUT2D eigenvalue weighted by atomic mass is 16.3. The summed E-state index contributed by atoms with van der Waals surface area (Å²) in [4.78, 5) is 15.1. The number of hydrogen-bond acceptors (Lipinski definition) is 4. The number of aliphatic hydroxyl groups excluding tert-OH is 1. The average molecular weight is 365 g/mol. The number of aromatic nitrogens is 4. The topological polar surface area (TPSA) is 76.2 Å². The molecule has 1 aliphatic heterocycles. The fourth-order valence-electron chi connectivity index (χ4n) is 3.66. The van der Waals surface area contributed by atoms with Gasteiger partial charge < -0.3 is 10.0 Å². The largest absolute Gasteiger partial charge is 0.394 e. The van der Waals surface area contributed by atoms with Gasteiger partial charge in [-0.05, 0) is 37.1 Å². The first kappa shape index (κ1) is 17.5. The van der Waals surface area contributed by atoms with Gasteiger partial charge in [-0.3, -0.25) is 9.48 Å². The number of carbonyl (C=O) groups is 1. The summed E-state index contributed by atoms with van der Waals surface area (Å²) >= 11 is 0. The normalized spacial score (nSPS) is 17.2. The maximum atomic E-state index is 13.2. The molecule has 7 heteroatoms. The zero-order valence-corrected chi connectivity index (χ0v) is 15.1. The number of nitrogens with zero attached hydrogens (tertiary/aromatic N) is 5. The van der Waals surface area contributed by atoms with Crippen LogP contribution in [0.1, 0.15) is 34.8 Å². The highest BCUT2D eigenvalue weighted by Gasteiger charge is 2.28. The van der Waals surface area contributed by atoms with Crippen LogP contribution in [0.2, 0.25) is 0 Å². The second-order valence-corrected chi connectivity index (χ2v) is 6.79. The lowest BCUT2D eigenvalue weighted by atomic mass is 9.94. The highest BCUT2D eigenvalue weighted by Crippen LogP contribution is 2.27. The third-order valence-electron chi connectivity index (χ3n) is 5.00. The summed E-state index contributed by atoms with van der Waals surface area (Å²) in [7, 11) is 0. The van der Waals surface area contributed by atoms with Gasteiger partial charge >= 0.3 is 0 Å². The Morgan fingerprint density at radius 2 is 2.07 bits per heavy atom. The van der Waals surface area contributed by atoms with Gasteiger partial charge in [-0.1, -0.05) is 12.1 Å². The molecule has 1 fully saturated rings. The predicted molar refractivity (Wildman–Crippen MR) is 101 cm³/mol. The molecule has 0 radical (unpaired) electrons. The van der Waals surface area contributed by atoms with Crippen LogP contribution in [0, 0.1) is 0 Å². The van der Waals surface area contributed by atoms with Crippen LogP contribution in [0.15, 0.2) is 55.0 Å². The Bertz CT molecular complexity index is 903. The summed E-state index contributed by atoms with van der Waals surface area (Å²) in [6.45, 7) is 1.97. The van der Waals surface area contributed by atoms with E-state index < -0.39 is 0 Å². The molecule has 3 aromatic rings. The quantitative estimate of drug-likeness (QED) is 0.751. The van der Waals surface area contributed by atoms with E-state index in [9.17, 15) is 4.79 Å². The van der Waals surface area contributed by atoms with Gasteiger partial charge in [0.2, 0.25) is 0 Å². The third-order valence-corrected chi connectivity index (χ3v) is 5.00. The molecule has 7 nitrogen and oxygen atoms in total. The number of likely N-dealkylation sites (tertiary alicyclic amines) is 1. The van der Waals surface area contributed by atoms with E-state index in [0.717, 1.165) is 30.8 Å². The Labute approximate surface area is 157 Å². The molecular formula is C20H23N5O2. The fraction of sp³-hybridized carbons (Fsp3) is 0.350. The van der Waals surface area contributed by atoms with Crippen molar-refractivity contribution in [2.45, 2.75) is 25.3 Å². The smallest absolute Gasteiger partial charge is 0.256 e. The van der Waals surface area contributed by atoms with Crippen molar-refractivity contribution in [1.82, 2.24) is 24.5 Å². The van der Waals surface area contributed by atoms with Crippen molar-refractivity contribution in [3.63, 3.8) is 0 Å². The Morgan fingerprint density at radius 1 is 1.19 bits per heavy atom. The molecule has 1 saturated heterocycles. The number of para-hydroxylation sites is 1. The van der Waals surface area contributed by atoms with E-state index in [-0.39, 0.29) is 18.4 Å². The number of carbonyl (C=O) groups excluding carboxylic acids is 1. The van der Waals surface area contributed by atoms with E-state index in [1.807, 2.05) is 53.7 Å². The van der Waals surface area contributed by atoms with E-state index in [2.05, 4.69) is 10.2 Å². The zero-order valence-electron chi connectivity index (χ0n) is 15.1. The molecule has 1 atom stereocenters. The molecule has 27 heavy (non-hydrogen) atoms. The molecule has 2 aromatic heterocycles. The van der Waals surface area contributed by atoms with Crippen molar-refractivity contribution >= 4 is 5.91 Å². The summed E-state index contributed by atoms with van der Waals surface area (Å²) in [5, 5.41) is 17.9. The van der Waals surface area contributed by atoms with Crippen LogP contribution in [0.4, 0.5) is 0 Å². The summed E-state index contributed by atoms with van der Waals surface area (Å²) in [5.74, 6) is 0.250. The molecule has 4 rings (SSSR count). The summed E-state index contributed by atoms with van der Waals surface area (Å²) in [6.07, 6.45) is 7.41. The van der Waals surface area contributed by atoms with Crippen molar-refractivity contribution in [2.24, 2.45) is 0 Å². The maximum Gasteiger partial charge on any atom is 0.256 e. The third kappa shape index (κ3) is 3.64. The van der Waals surface area contributed by atoms with Gasteiger partial charge in [0.15, 0.2) is 0 Å². The lowest BCUT2D eigenvalue weighted by Crippen LogP contribution is -2.39. The minimum atomic E-state index is 0.0283. The zero-order chi connectivity index (χ0) is 18.6. The number of rotatable bonds is 5. The summed E-state index contributed by atoms with van der Waals surface area (Å²) in [6, 6.07) is 11.4. The molecule has 1 N–H and O–H groups in total. The molecule has 1 aromatic carbocycles. The van der Waals surface area contributed by atoms with Gasteiger partial charge in [-0.2, -0.15) is 10.2 Å². The molecule has 0 spiro atoms. The number of amides is 1. The Morgan fingerprint density at radius 3 is 2.89 bits per heavy atom. The molecule has 0 aliphatic carbocycles. The lowest BCUT2D eigenvalue weighted by Gasteiger charge is -2.32. The van der Waals surface area contributed by atoms with Crippen molar-refractivity contribution in [3.8, 4) is 5.69 Å². The van der Waals surface area contributed by atoms with E-state index in [1.165, 1.54) is 0 Å². The first-order valence-corrected chi connectivity index (χ1v) is 9.29. The molecule has 0 saturated carbocycles. The van der Waals surface area contributed by atoms with E-state index in [4.69, 9.17) is 5.11 Å². The molecule has 1 amide bonds. The van der Waals surface area contributed by atoms with Crippen molar-refractivity contribution in [2.75, 3.05) is 19.7 Å². The van der Waals surface area contributed by atoms with Gasteiger partial charge in [0.05, 0.1) is 30.1 Å². The van der Waals surface area contributed by atoms with Crippen LogP contribution >= 0.6 is 0 Å². The molecule has 140 valence electrons. The number of benzene rings is 1. The first-order chi connectivity index (χ1) is 13.3. The number of aliphatic hydroxyl groups is 1. The van der Waals surface area contributed by atoms with Crippen LogP contribution in [-0.2, 0) is 6.54 Å². The second kappa shape index (κ2) is 7.75. The lowest BCUT2D eigenvalue weighted by molar-refractivity contribution is 0.0705. The van der Waals surface area contributed by atoms with Crippen LogP contribution < -0.4 is 0 Å². The van der Waals surface area contributed by atoms with Crippen LogP contribution in [0.25, 0.3) is 5.69 Å². The highest BCUT2D eigenvalue weighted by molar-refractivity contribution is 5.97. The van der Waals surface area contributed by atoms with Crippen molar-refractivity contribution in [1.29, 1.82) is 0 Å². The molecule has 1 unspecified atom stereocenters. The van der Waals surface area contributed by atoms with Gasteiger partial charge in [0, 0.05) is 37.6 Å².